The predicted octanol–water partition coefficient (Wildman–Crippen LogP) is 3.45. The van der Waals surface area contributed by atoms with Crippen LogP contribution in [0.3, 0.4) is 0 Å². The number of nitrogens with two attached hydrogens (primary N) is 1. The Labute approximate surface area is 149 Å². The number of nitrogens with one attached hydrogen (secondary N) is 1. The summed E-state index contributed by atoms with van der Waals surface area (Å²) in [6, 6.07) is 8.47. The van der Waals surface area contributed by atoms with Crippen molar-refractivity contribution in [3.8, 4) is 5.75 Å². The first-order chi connectivity index (χ1) is 12.2. The van der Waals surface area contributed by atoms with Gasteiger partial charge in [0.1, 0.15) is 17.8 Å². The molecule has 2 heterocycles. The molecule has 1 saturated heterocycles. The number of rotatable bonds is 6. The Morgan fingerprint density at radius 3 is 2.76 bits per heavy atom. The number of ether oxygens (including phenoxy) is 1. The number of methoxy groups -OCH3 is 1. The molecule has 0 radical (unpaired) electrons. The summed E-state index contributed by atoms with van der Waals surface area (Å²) in [4.78, 5) is 11.2. The van der Waals surface area contributed by atoms with E-state index in [4.69, 9.17) is 10.5 Å². The Bertz CT molecular complexity index is 689. The highest BCUT2D eigenvalue weighted by atomic mass is 16.5. The fourth-order valence-electron chi connectivity index (χ4n) is 3.39. The summed E-state index contributed by atoms with van der Waals surface area (Å²) >= 11 is 0. The maximum atomic E-state index is 6.39. The lowest BCUT2D eigenvalue weighted by Crippen LogP contribution is -2.40. The van der Waals surface area contributed by atoms with Gasteiger partial charge in [-0.05, 0) is 43.4 Å². The van der Waals surface area contributed by atoms with Crippen LogP contribution in [0.25, 0.3) is 0 Å². The molecule has 0 spiro atoms. The molecule has 1 unspecified atom stereocenters. The zero-order valence-electron chi connectivity index (χ0n) is 15.0. The van der Waals surface area contributed by atoms with E-state index in [1.54, 1.807) is 13.4 Å². The minimum atomic E-state index is 0.514. The quantitative estimate of drug-likeness (QED) is 0.838. The van der Waals surface area contributed by atoms with Crippen molar-refractivity contribution in [2.75, 3.05) is 29.6 Å². The molecule has 6 heteroatoms. The van der Waals surface area contributed by atoms with E-state index in [1.807, 2.05) is 24.3 Å². The molecule has 1 aromatic carbocycles. The number of anilines is 3. The standard InChI is InChI=1S/C19H27N5O/c1-3-15-6-4-5-11-24(15)19-17(20)18(22-13-23-19)21-12-14-7-9-16(25-2)10-8-14/h7-10,13,15H,3-6,11-12,20H2,1-2H3,(H,21,22,23). The third kappa shape index (κ3) is 3.95. The van der Waals surface area contributed by atoms with Crippen molar-refractivity contribution in [1.82, 2.24) is 9.97 Å². The zero-order chi connectivity index (χ0) is 17.6. The second-order valence-corrected chi connectivity index (χ2v) is 6.41. The largest absolute Gasteiger partial charge is 0.497 e. The van der Waals surface area contributed by atoms with Crippen LogP contribution in [0.1, 0.15) is 38.2 Å². The Morgan fingerprint density at radius 1 is 1.24 bits per heavy atom. The minimum Gasteiger partial charge on any atom is -0.497 e. The van der Waals surface area contributed by atoms with Crippen LogP contribution in [-0.2, 0) is 6.54 Å². The van der Waals surface area contributed by atoms with Gasteiger partial charge in [0, 0.05) is 19.1 Å². The van der Waals surface area contributed by atoms with Gasteiger partial charge in [-0.15, -0.1) is 0 Å². The molecule has 1 fully saturated rings. The van der Waals surface area contributed by atoms with Gasteiger partial charge < -0.3 is 20.7 Å². The third-order valence-electron chi connectivity index (χ3n) is 4.85. The van der Waals surface area contributed by atoms with Gasteiger partial charge in [-0.2, -0.15) is 0 Å². The molecule has 134 valence electrons. The van der Waals surface area contributed by atoms with Crippen molar-refractivity contribution < 1.29 is 4.74 Å². The molecular formula is C19H27N5O. The molecule has 0 aliphatic carbocycles. The maximum absolute atomic E-state index is 6.39. The van der Waals surface area contributed by atoms with Gasteiger partial charge in [0.2, 0.25) is 0 Å². The summed E-state index contributed by atoms with van der Waals surface area (Å²) in [6.45, 7) is 3.89. The highest BCUT2D eigenvalue weighted by Crippen LogP contribution is 2.32. The van der Waals surface area contributed by atoms with E-state index >= 15 is 0 Å². The summed E-state index contributed by atoms with van der Waals surface area (Å²) in [5, 5.41) is 3.34. The number of hydrogen-bond acceptors (Lipinski definition) is 6. The number of benzene rings is 1. The average molecular weight is 341 g/mol. The SMILES string of the molecule is CCC1CCCCN1c1ncnc(NCc2ccc(OC)cc2)c1N. The molecule has 0 amide bonds. The molecular weight excluding hydrogens is 314 g/mol. The molecule has 1 aliphatic heterocycles. The van der Waals surface area contributed by atoms with Gasteiger partial charge in [0.25, 0.3) is 0 Å². The van der Waals surface area contributed by atoms with Crippen LogP contribution < -0.4 is 20.7 Å². The van der Waals surface area contributed by atoms with Crippen LogP contribution in [-0.4, -0.2) is 29.7 Å². The lowest BCUT2D eigenvalue weighted by molar-refractivity contribution is 0.414. The van der Waals surface area contributed by atoms with E-state index < -0.39 is 0 Å². The third-order valence-corrected chi connectivity index (χ3v) is 4.85. The first-order valence-electron chi connectivity index (χ1n) is 8.96. The van der Waals surface area contributed by atoms with Crippen LogP contribution in [0.4, 0.5) is 17.3 Å². The van der Waals surface area contributed by atoms with Gasteiger partial charge >= 0.3 is 0 Å². The smallest absolute Gasteiger partial charge is 0.157 e. The Balaban J connectivity index is 1.73. The predicted molar refractivity (Wildman–Crippen MR) is 102 cm³/mol. The molecule has 25 heavy (non-hydrogen) atoms. The van der Waals surface area contributed by atoms with Crippen LogP contribution in [0.5, 0.6) is 5.75 Å². The molecule has 1 aliphatic rings. The number of aromatic nitrogens is 2. The molecule has 3 N–H and O–H groups in total. The van der Waals surface area contributed by atoms with Crippen molar-refractivity contribution in [1.29, 1.82) is 0 Å². The second-order valence-electron chi connectivity index (χ2n) is 6.41. The normalized spacial score (nSPS) is 17.4. The molecule has 1 aromatic heterocycles. The summed E-state index contributed by atoms with van der Waals surface area (Å²) < 4.78 is 5.19. The van der Waals surface area contributed by atoms with Crippen molar-refractivity contribution in [2.24, 2.45) is 0 Å². The van der Waals surface area contributed by atoms with Crippen LogP contribution >= 0.6 is 0 Å². The first kappa shape index (κ1) is 17.3. The lowest BCUT2D eigenvalue weighted by atomic mass is 10.00. The molecule has 0 saturated carbocycles. The molecule has 6 nitrogen and oxygen atoms in total. The summed E-state index contributed by atoms with van der Waals surface area (Å²) in [5.41, 5.74) is 8.17. The van der Waals surface area contributed by atoms with E-state index in [0.29, 0.717) is 24.1 Å². The van der Waals surface area contributed by atoms with Crippen LogP contribution in [0.15, 0.2) is 30.6 Å². The van der Waals surface area contributed by atoms with Crippen LogP contribution in [0, 0.1) is 0 Å². The number of nitrogen functional groups attached to an aromatic ring is 1. The van der Waals surface area contributed by atoms with E-state index in [-0.39, 0.29) is 0 Å². The summed E-state index contributed by atoms with van der Waals surface area (Å²) in [6.07, 6.45) is 6.38. The molecule has 2 aromatic rings. The van der Waals surface area contributed by atoms with Gasteiger partial charge in [0.15, 0.2) is 11.6 Å². The Kier molecular flexibility index (Phi) is 5.58. The summed E-state index contributed by atoms with van der Waals surface area (Å²) in [5.74, 6) is 2.41. The van der Waals surface area contributed by atoms with E-state index in [0.717, 1.165) is 30.1 Å². The highest BCUT2D eigenvalue weighted by Gasteiger charge is 2.24. The topological polar surface area (TPSA) is 76.3 Å². The van der Waals surface area contributed by atoms with Crippen molar-refractivity contribution in [2.45, 2.75) is 45.2 Å². The summed E-state index contributed by atoms with van der Waals surface area (Å²) in [7, 11) is 1.67. The molecule has 3 rings (SSSR count). The Hall–Kier alpha value is -2.50. The second kappa shape index (κ2) is 8.05. The van der Waals surface area contributed by atoms with E-state index in [2.05, 4.69) is 27.1 Å². The average Bonchev–Trinajstić information content (AvgIpc) is 2.67. The molecule has 1 atom stereocenters. The fraction of sp³-hybridized carbons (Fsp3) is 0.474. The fourth-order valence-corrected chi connectivity index (χ4v) is 3.39. The van der Waals surface area contributed by atoms with Gasteiger partial charge in [-0.25, -0.2) is 9.97 Å². The zero-order valence-corrected chi connectivity index (χ0v) is 15.0. The van der Waals surface area contributed by atoms with Crippen molar-refractivity contribution in [3.05, 3.63) is 36.2 Å². The van der Waals surface area contributed by atoms with Gasteiger partial charge in [0.05, 0.1) is 7.11 Å². The number of piperidine rings is 1. The van der Waals surface area contributed by atoms with E-state index in [1.165, 1.54) is 19.3 Å². The monoisotopic (exact) mass is 341 g/mol. The van der Waals surface area contributed by atoms with Gasteiger partial charge in [-0.1, -0.05) is 19.1 Å². The van der Waals surface area contributed by atoms with Gasteiger partial charge in [-0.3, -0.25) is 0 Å². The number of hydrogen-bond donors (Lipinski definition) is 2. The Morgan fingerprint density at radius 2 is 2.04 bits per heavy atom. The highest BCUT2D eigenvalue weighted by molar-refractivity contribution is 5.75. The molecule has 0 bridgehead atoms. The van der Waals surface area contributed by atoms with Crippen LogP contribution in [0.2, 0.25) is 0 Å². The maximum Gasteiger partial charge on any atom is 0.157 e. The lowest BCUT2D eigenvalue weighted by Gasteiger charge is -2.36. The van der Waals surface area contributed by atoms with Crippen molar-refractivity contribution >= 4 is 17.3 Å². The van der Waals surface area contributed by atoms with Crippen molar-refractivity contribution in [3.63, 3.8) is 0 Å². The van der Waals surface area contributed by atoms with E-state index in [9.17, 15) is 0 Å². The first-order valence-corrected chi connectivity index (χ1v) is 8.96. The minimum absolute atomic E-state index is 0.514. The number of nitrogens with zero attached hydrogens (tertiary/aromatic N) is 3.